The molecule has 3 heterocycles. The lowest BCUT2D eigenvalue weighted by molar-refractivity contribution is 0.0218. The minimum atomic E-state index is 0.468. The fourth-order valence-corrected chi connectivity index (χ4v) is 5.11. The normalized spacial score (nSPS) is 23.0. The molecule has 0 bridgehead atoms. The number of nitrogens with zero attached hydrogens (tertiary/aromatic N) is 4. The van der Waals surface area contributed by atoms with Crippen LogP contribution in [0, 0.1) is 5.41 Å². The summed E-state index contributed by atoms with van der Waals surface area (Å²) in [4.78, 5) is 14.0. The molecule has 0 unspecified atom stereocenters. The molecule has 2 fully saturated rings. The van der Waals surface area contributed by atoms with Crippen LogP contribution in [0.15, 0.2) is 42.7 Å². The van der Waals surface area contributed by atoms with Gasteiger partial charge in [0.1, 0.15) is 0 Å². The molecular weight excluding hydrogens is 346 g/mol. The lowest BCUT2D eigenvalue weighted by Crippen LogP contribution is -2.50. The zero-order valence-corrected chi connectivity index (χ0v) is 17.3. The van der Waals surface area contributed by atoms with E-state index in [1.165, 1.54) is 56.6 Å². The number of rotatable bonds is 5. The fraction of sp³-hybridized carbons (Fsp3) is 0.565. The molecule has 1 aromatic heterocycles. The van der Waals surface area contributed by atoms with E-state index in [1.54, 1.807) is 0 Å². The summed E-state index contributed by atoms with van der Waals surface area (Å²) in [7, 11) is 2.30. The Labute approximate surface area is 169 Å². The van der Waals surface area contributed by atoms with Crippen molar-refractivity contribution in [3.05, 3.63) is 53.9 Å². The van der Waals surface area contributed by atoms with Gasteiger partial charge in [-0.2, -0.15) is 0 Å². The first-order valence-corrected chi connectivity index (χ1v) is 10.7. The topological polar surface area (TPSA) is 44.3 Å². The summed E-state index contributed by atoms with van der Waals surface area (Å²) in [6.07, 6.45) is 7.84. The van der Waals surface area contributed by atoms with Crippen LogP contribution < -0.4 is 5.32 Å². The van der Waals surface area contributed by atoms with Crippen LogP contribution in [0.4, 0.5) is 5.95 Å². The van der Waals surface area contributed by atoms with Crippen LogP contribution in [0.2, 0.25) is 0 Å². The van der Waals surface area contributed by atoms with E-state index in [4.69, 9.17) is 0 Å². The zero-order valence-electron chi connectivity index (χ0n) is 17.3. The lowest BCUT2D eigenvalue weighted by Gasteiger charge is -2.49. The third-order valence-corrected chi connectivity index (χ3v) is 6.45. The molecule has 1 N–H and O–H groups in total. The Kier molecular flexibility index (Phi) is 5.93. The van der Waals surface area contributed by atoms with Gasteiger partial charge in [-0.3, -0.25) is 4.90 Å². The van der Waals surface area contributed by atoms with Crippen LogP contribution in [0.3, 0.4) is 0 Å². The van der Waals surface area contributed by atoms with E-state index in [0.29, 0.717) is 11.3 Å². The molecule has 0 aliphatic carbocycles. The van der Waals surface area contributed by atoms with Crippen LogP contribution >= 0.6 is 0 Å². The predicted octanol–water partition coefficient (Wildman–Crippen LogP) is 3.61. The highest BCUT2D eigenvalue weighted by molar-refractivity contribution is 5.24. The predicted molar refractivity (Wildman–Crippen MR) is 114 cm³/mol. The van der Waals surface area contributed by atoms with Crippen molar-refractivity contribution >= 4 is 5.95 Å². The van der Waals surface area contributed by atoms with Crippen molar-refractivity contribution in [2.75, 3.05) is 45.1 Å². The number of anilines is 1. The van der Waals surface area contributed by atoms with Gasteiger partial charge in [0.05, 0.1) is 0 Å². The third-order valence-electron chi connectivity index (χ3n) is 6.45. The summed E-state index contributed by atoms with van der Waals surface area (Å²) in [5.74, 6) is 1.39. The van der Waals surface area contributed by atoms with Crippen molar-refractivity contribution in [3.8, 4) is 0 Å². The summed E-state index contributed by atoms with van der Waals surface area (Å²) in [5, 5.41) is 3.16. The summed E-state index contributed by atoms with van der Waals surface area (Å²) >= 11 is 0. The Bertz CT molecular complexity index is 737. The van der Waals surface area contributed by atoms with Crippen molar-refractivity contribution in [2.24, 2.45) is 5.41 Å². The first kappa shape index (κ1) is 19.3. The Morgan fingerprint density at radius 2 is 1.82 bits per heavy atom. The Morgan fingerprint density at radius 1 is 1.11 bits per heavy atom. The van der Waals surface area contributed by atoms with Crippen molar-refractivity contribution in [2.45, 2.75) is 38.6 Å². The Balaban J connectivity index is 1.35. The summed E-state index contributed by atoms with van der Waals surface area (Å²) in [5.41, 5.74) is 3.18. The molecule has 2 aliphatic heterocycles. The van der Waals surface area contributed by atoms with Gasteiger partial charge in [-0.15, -0.1) is 0 Å². The number of benzene rings is 1. The van der Waals surface area contributed by atoms with Crippen molar-refractivity contribution in [3.63, 3.8) is 0 Å². The second kappa shape index (κ2) is 8.58. The van der Waals surface area contributed by atoms with E-state index in [0.717, 1.165) is 19.0 Å². The van der Waals surface area contributed by atoms with Crippen LogP contribution in [0.5, 0.6) is 0 Å². The molecule has 1 aromatic carbocycles. The molecule has 5 nitrogen and oxygen atoms in total. The van der Waals surface area contributed by atoms with Gasteiger partial charge in [0.25, 0.3) is 0 Å². The molecule has 1 atom stereocenters. The molecule has 0 amide bonds. The van der Waals surface area contributed by atoms with E-state index >= 15 is 0 Å². The average molecular weight is 380 g/mol. The quantitative estimate of drug-likeness (QED) is 0.860. The number of aromatic nitrogens is 2. The second-order valence-corrected chi connectivity index (χ2v) is 8.73. The first-order chi connectivity index (χ1) is 13.7. The maximum absolute atomic E-state index is 4.42. The molecule has 28 heavy (non-hydrogen) atoms. The molecule has 2 saturated heterocycles. The standard InChI is InChI=1S/C23H33N5/c1-3-24-22-25-14-19(15-26-22)16-28-11-9-23(10-12-28)13-21(17-27(2)18-23)20-7-5-4-6-8-20/h4-8,14-15,21H,3,9-13,16-18H2,1-2H3,(H,24,25,26)/t21-/m1/s1. The maximum atomic E-state index is 4.42. The van der Waals surface area contributed by atoms with Gasteiger partial charge in [0.2, 0.25) is 5.95 Å². The van der Waals surface area contributed by atoms with E-state index < -0.39 is 0 Å². The summed E-state index contributed by atoms with van der Waals surface area (Å²) in [6, 6.07) is 11.1. The zero-order chi connectivity index (χ0) is 19.4. The molecule has 4 rings (SSSR count). The van der Waals surface area contributed by atoms with Crippen molar-refractivity contribution < 1.29 is 0 Å². The largest absolute Gasteiger partial charge is 0.355 e. The van der Waals surface area contributed by atoms with Gasteiger partial charge >= 0.3 is 0 Å². The van der Waals surface area contributed by atoms with Gasteiger partial charge in [0.15, 0.2) is 0 Å². The minimum absolute atomic E-state index is 0.468. The highest BCUT2D eigenvalue weighted by Crippen LogP contribution is 2.44. The average Bonchev–Trinajstić information content (AvgIpc) is 2.72. The van der Waals surface area contributed by atoms with Crippen molar-refractivity contribution in [1.82, 2.24) is 19.8 Å². The maximum Gasteiger partial charge on any atom is 0.222 e. The highest BCUT2D eigenvalue weighted by atomic mass is 15.2. The number of likely N-dealkylation sites (N-methyl/N-ethyl adjacent to an activating group) is 1. The molecule has 2 aromatic rings. The van der Waals surface area contributed by atoms with Gasteiger partial charge in [0, 0.05) is 44.1 Å². The third kappa shape index (κ3) is 4.53. The van der Waals surface area contributed by atoms with Gasteiger partial charge in [-0.05, 0) is 63.2 Å². The number of hydrogen-bond acceptors (Lipinski definition) is 5. The lowest BCUT2D eigenvalue weighted by atomic mass is 9.68. The Morgan fingerprint density at radius 3 is 2.50 bits per heavy atom. The summed E-state index contributed by atoms with van der Waals surface area (Å²) < 4.78 is 0. The van der Waals surface area contributed by atoms with Crippen LogP contribution in [-0.4, -0.2) is 59.5 Å². The number of hydrogen-bond donors (Lipinski definition) is 1. The second-order valence-electron chi connectivity index (χ2n) is 8.73. The molecule has 0 saturated carbocycles. The Hall–Kier alpha value is -1.98. The van der Waals surface area contributed by atoms with Crippen molar-refractivity contribution in [1.29, 1.82) is 0 Å². The smallest absolute Gasteiger partial charge is 0.222 e. The summed E-state index contributed by atoms with van der Waals surface area (Å²) in [6.45, 7) is 8.64. The van der Waals surface area contributed by atoms with Gasteiger partial charge in [-0.25, -0.2) is 9.97 Å². The van der Waals surface area contributed by atoms with E-state index in [-0.39, 0.29) is 0 Å². The van der Waals surface area contributed by atoms with Gasteiger partial charge < -0.3 is 10.2 Å². The highest BCUT2D eigenvalue weighted by Gasteiger charge is 2.41. The molecule has 2 aliphatic rings. The van der Waals surface area contributed by atoms with Crippen LogP contribution in [0.25, 0.3) is 0 Å². The number of likely N-dealkylation sites (tertiary alicyclic amines) is 2. The molecule has 150 valence electrons. The molecule has 5 heteroatoms. The minimum Gasteiger partial charge on any atom is -0.355 e. The molecule has 1 spiro atoms. The monoisotopic (exact) mass is 379 g/mol. The van der Waals surface area contributed by atoms with E-state index in [9.17, 15) is 0 Å². The SMILES string of the molecule is CCNc1ncc(CN2CCC3(CC2)C[C@@H](c2ccccc2)CN(C)C3)cn1. The van der Waals surface area contributed by atoms with E-state index in [1.807, 2.05) is 12.4 Å². The van der Waals surface area contributed by atoms with Gasteiger partial charge in [-0.1, -0.05) is 30.3 Å². The number of piperidine rings is 2. The number of nitrogens with one attached hydrogen (secondary N) is 1. The molecule has 0 radical (unpaired) electrons. The first-order valence-electron chi connectivity index (χ1n) is 10.7. The van der Waals surface area contributed by atoms with Crippen LogP contribution in [0.1, 0.15) is 43.2 Å². The fourth-order valence-electron chi connectivity index (χ4n) is 5.11. The van der Waals surface area contributed by atoms with Crippen LogP contribution in [-0.2, 0) is 6.54 Å². The van der Waals surface area contributed by atoms with E-state index in [2.05, 4.69) is 69.4 Å². The molecular formula is C23H33N5.